The van der Waals surface area contributed by atoms with Crippen molar-refractivity contribution in [2.45, 2.75) is 19.8 Å². The molecule has 0 aliphatic heterocycles. The molecule has 0 unspecified atom stereocenters. The van der Waals surface area contributed by atoms with Crippen molar-refractivity contribution in [2.24, 2.45) is 0 Å². The molecule has 1 aromatic carbocycles. The highest BCUT2D eigenvalue weighted by Crippen LogP contribution is 2.13. The Labute approximate surface area is 111 Å². The lowest BCUT2D eigenvalue weighted by atomic mass is 10.2. The van der Waals surface area contributed by atoms with Crippen LogP contribution in [0.5, 0.6) is 5.75 Å². The summed E-state index contributed by atoms with van der Waals surface area (Å²) in [5.74, 6) is 1.05. The van der Waals surface area contributed by atoms with Crippen LogP contribution in [0.15, 0.2) is 24.3 Å². The number of halogens is 1. The van der Waals surface area contributed by atoms with Crippen molar-refractivity contribution in [1.82, 2.24) is 0 Å². The molecule has 4 heteroatoms. The van der Waals surface area contributed by atoms with Crippen LogP contribution in [0.4, 0.5) is 0 Å². The molecule has 1 aromatic rings. The second kappa shape index (κ2) is 8.12. The Bertz CT molecular complexity index is 338. The van der Waals surface area contributed by atoms with E-state index in [2.05, 4.69) is 15.9 Å². The van der Waals surface area contributed by atoms with E-state index >= 15 is 0 Å². The van der Waals surface area contributed by atoms with Crippen LogP contribution >= 0.6 is 15.9 Å². The first kappa shape index (κ1) is 14.0. The van der Waals surface area contributed by atoms with Gasteiger partial charge in [-0.25, -0.2) is 0 Å². The van der Waals surface area contributed by atoms with E-state index in [1.165, 1.54) is 0 Å². The average Bonchev–Trinajstić information content (AvgIpc) is 2.36. The third-order valence-electron chi connectivity index (χ3n) is 2.20. The summed E-state index contributed by atoms with van der Waals surface area (Å²) in [6.45, 7) is 3.12. The van der Waals surface area contributed by atoms with Gasteiger partial charge in [-0.1, -0.05) is 15.9 Å². The number of benzene rings is 1. The summed E-state index contributed by atoms with van der Waals surface area (Å²) < 4.78 is 10.7. The zero-order valence-electron chi connectivity index (χ0n) is 10.0. The van der Waals surface area contributed by atoms with Crippen molar-refractivity contribution < 1.29 is 9.47 Å². The summed E-state index contributed by atoms with van der Waals surface area (Å²) in [5, 5.41) is 8.64. The Morgan fingerprint density at radius 1 is 1.24 bits per heavy atom. The second-order valence-corrected chi connectivity index (χ2v) is 4.32. The van der Waals surface area contributed by atoms with Crippen molar-refractivity contribution >= 4 is 21.8 Å². The van der Waals surface area contributed by atoms with Crippen LogP contribution in [-0.2, 0) is 4.74 Å². The summed E-state index contributed by atoms with van der Waals surface area (Å²) in [6.07, 6.45) is 2.16. The van der Waals surface area contributed by atoms with E-state index in [-0.39, 0.29) is 5.90 Å². The molecule has 0 saturated heterocycles. The molecular weight excluding hydrogens is 282 g/mol. The lowest BCUT2D eigenvalue weighted by Gasteiger charge is -2.07. The van der Waals surface area contributed by atoms with E-state index in [0.717, 1.165) is 36.1 Å². The van der Waals surface area contributed by atoms with Crippen LogP contribution in [0.3, 0.4) is 0 Å². The van der Waals surface area contributed by atoms with Crippen molar-refractivity contribution in [3.8, 4) is 5.75 Å². The lowest BCUT2D eigenvalue weighted by Crippen LogP contribution is -2.04. The smallest absolute Gasteiger partial charge is 0.213 e. The highest BCUT2D eigenvalue weighted by atomic mass is 79.9. The van der Waals surface area contributed by atoms with E-state index in [9.17, 15) is 0 Å². The monoisotopic (exact) mass is 299 g/mol. The molecule has 17 heavy (non-hydrogen) atoms. The second-order valence-electron chi connectivity index (χ2n) is 3.53. The van der Waals surface area contributed by atoms with Crippen LogP contribution in [0, 0.1) is 5.41 Å². The Kier molecular flexibility index (Phi) is 6.70. The summed E-state index contributed by atoms with van der Waals surface area (Å²) >= 11 is 3.38. The Morgan fingerprint density at radius 2 is 1.94 bits per heavy atom. The summed E-state index contributed by atoms with van der Waals surface area (Å²) in [7, 11) is 0. The minimum Gasteiger partial charge on any atom is -0.494 e. The maximum absolute atomic E-state index is 7.62. The first-order chi connectivity index (χ1) is 8.27. The highest BCUT2D eigenvalue weighted by molar-refractivity contribution is 9.09. The van der Waals surface area contributed by atoms with Gasteiger partial charge in [0.15, 0.2) is 0 Å². The van der Waals surface area contributed by atoms with Crippen LogP contribution in [-0.4, -0.2) is 24.4 Å². The molecule has 0 atom stereocenters. The molecule has 3 nitrogen and oxygen atoms in total. The van der Waals surface area contributed by atoms with E-state index in [0.29, 0.717) is 6.61 Å². The molecule has 1 N–H and O–H groups in total. The fraction of sp³-hybridized carbons (Fsp3) is 0.462. The predicted molar refractivity (Wildman–Crippen MR) is 73.4 cm³/mol. The Balaban J connectivity index is 2.42. The van der Waals surface area contributed by atoms with Crippen molar-refractivity contribution in [2.75, 3.05) is 18.5 Å². The minimum atomic E-state index is 0.207. The fourth-order valence-corrected chi connectivity index (χ4v) is 1.71. The highest BCUT2D eigenvalue weighted by Gasteiger charge is 2.01. The first-order valence-electron chi connectivity index (χ1n) is 5.78. The van der Waals surface area contributed by atoms with Gasteiger partial charge in [-0.05, 0) is 44.0 Å². The van der Waals surface area contributed by atoms with Crippen molar-refractivity contribution in [3.63, 3.8) is 0 Å². The summed E-state index contributed by atoms with van der Waals surface area (Å²) in [4.78, 5) is 0. The summed E-state index contributed by atoms with van der Waals surface area (Å²) in [5.41, 5.74) is 0.777. The number of rotatable bonds is 7. The normalized spacial score (nSPS) is 10.0. The third kappa shape index (κ3) is 5.22. The largest absolute Gasteiger partial charge is 0.494 e. The van der Waals surface area contributed by atoms with E-state index < -0.39 is 0 Å². The van der Waals surface area contributed by atoms with Gasteiger partial charge in [-0.2, -0.15) is 0 Å². The van der Waals surface area contributed by atoms with Crippen LogP contribution in [0.1, 0.15) is 25.3 Å². The standard InChI is InChI=1S/C13H18BrNO2/c1-2-16-13(15)11-5-7-12(8-6-11)17-10-4-3-9-14/h5-8,15H,2-4,9-10H2,1H3. The van der Waals surface area contributed by atoms with Gasteiger partial charge in [0.1, 0.15) is 5.75 Å². The zero-order chi connectivity index (χ0) is 12.5. The summed E-state index contributed by atoms with van der Waals surface area (Å²) in [6, 6.07) is 7.43. The van der Waals surface area contributed by atoms with Crippen LogP contribution in [0.2, 0.25) is 0 Å². The molecule has 0 fully saturated rings. The molecule has 0 aliphatic carbocycles. The fourth-order valence-electron chi connectivity index (χ4n) is 1.32. The first-order valence-corrected chi connectivity index (χ1v) is 6.90. The average molecular weight is 300 g/mol. The van der Waals surface area contributed by atoms with Crippen molar-refractivity contribution in [3.05, 3.63) is 29.8 Å². The van der Waals surface area contributed by atoms with Gasteiger partial charge < -0.3 is 9.47 Å². The quantitative estimate of drug-likeness (QED) is 0.362. The molecule has 0 amide bonds. The molecule has 1 rings (SSSR count). The molecule has 0 radical (unpaired) electrons. The maximum Gasteiger partial charge on any atom is 0.213 e. The van der Waals surface area contributed by atoms with E-state index in [4.69, 9.17) is 14.9 Å². The number of ether oxygens (including phenoxy) is 2. The number of unbranched alkanes of at least 4 members (excludes halogenated alkanes) is 1. The Hall–Kier alpha value is -1.03. The number of nitrogens with one attached hydrogen (secondary N) is 1. The molecular formula is C13H18BrNO2. The maximum atomic E-state index is 7.62. The predicted octanol–water partition coefficient (Wildman–Crippen LogP) is 3.60. The van der Waals surface area contributed by atoms with Gasteiger partial charge >= 0.3 is 0 Å². The molecule has 0 aromatic heterocycles. The number of hydrogen-bond acceptors (Lipinski definition) is 3. The van der Waals surface area contributed by atoms with Gasteiger partial charge in [0.25, 0.3) is 0 Å². The van der Waals surface area contributed by atoms with Crippen LogP contribution < -0.4 is 4.74 Å². The van der Waals surface area contributed by atoms with E-state index in [1.54, 1.807) is 0 Å². The zero-order valence-corrected chi connectivity index (χ0v) is 11.6. The van der Waals surface area contributed by atoms with Crippen LogP contribution in [0.25, 0.3) is 0 Å². The Morgan fingerprint density at radius 3 is 2.53 bits per heavy atom. The lowest BCUT2D eigenvalue weighted by molar-refractivity contribution is 0.309. The molecule has 0 bridgehead atoms. The van der Waals surface area contributed by atoms with Gasteiger partial charge in [0.05, 0.1) is 13.2 Å². The minimum absolute atomic E-state index is 0.207. The third-order valence-corrected chi connectivity index (χ3v) is 2.76. The SMILES string of the molecule is CCOC(=N)c1ccc(OCCCCBr)cc1. The molecule has 0 saturated carbocycles. The molecule has 94 valence electrons. The topological polar surface area (TPSA) is 42.3 Å². The van der Waals surface area contributed by atoms with Gasteiger partial charge in [-0.3, -0.25) is 5.41 Å². The molecule has 0 aliphatic rings. The van der Waals surface area contributed by atoms with Gasteiger partial charge in [-0.15, -0.1) is 0 Å². The van der Waals surface area contributed by atoms with E-state index in [1.807, 2.05) is 31.2 Å². The van der Waals surface area contributed by atoms with Gasteiger partial charge in [0, 0.05) is 10.9 Å². The van der Waals surface area contributed by atoms with Gasteiger partial charge in [0.2, 0.25) is 5.90 Å². The number of hydrogen-bond donors (Lipinski definition) is 1. The molecule has 0 heterocycles. The number of alkyl halides is 1. The van der Waals surface area contributed by atoms with Crippen molar-refractivity contribution in [1.29, 1.82) is 5.41 Å². The molecule has 0 spiro atoms.